The molecule has 4 rings (SSSR count). The van der Waals surface area contributed by atoms with Crippen LogP contribution in [0.2, 0.25) is 0 Å². The van der Waals surface area contributed by atoms with Gasteiger partial charge in [0.05, 0.1) is 0 Å². The molecule has 0 spiro atoms. The highest BCUT2D eigenvalue weighted by Crippen LogP contribution is 2.68. The Morgan fingerprint density at radius 1 is 0.900 bits per heavy atom. The summed E-state index contributed by atoms with van der Waals surface area (Å²) in [5, 5.41) is 0. The SMILES string of the molecule is CC(=O)O[C@@H]1C=C2CC[C@H]3[C@@H](CC[C@@]4(C)[C@H]3CC[C@]4(OC(C)=O)C(C)=O)[C@@]2(C)CC1. The second kappa shape index (κ2) is 7.20. The zero-order valence-corrected chi connectivity index (χ0v) is 19.1. The van der Waals surface area contributed by atoms with Crippen molar-refractivity contribution < 1.29 is 23.9 Å². The summed E-state index contributed by atoms with van der Waals surface area (Å²) in [6.07, 6.45) is 9.78. The minimum Gasteiger partial charge on any atom is -0.458 e. The van der Waals surface area contributed by atoms with Gasteiger partial charge in [-0.25, -0.2) is 0 Å². The van der Waals surface area contributed by atoms with Crippen LogP contribution in [0.5, 0.6) is 0 Å². The van der Waals surface area contributed by atoms with Gasteiger partial charge in [0.15, 0.2) is 11.4 Å². The van der Waals surface area contributed by atoms with Crippen molar-refractivity contribution in [3.05, 3.63) is 11.6 Å². The van der Waals surface area contributed by atoms with Crippen molar-refractivity contribution in [1.29, 1.82) is 0 Å². The van der Waals surface area contributed by atoms with E-state index in [1.54, 1.807) is 6.92 Å². The first-order chi connectivity index (χ1) is 14.0. The molecule has 0 aromatic rings. The van der Waals surface area contributed by atoms with Gasteiger partial charge in [-0.05, 0) is 87.5 Å². The summed E-state index contributed by atoms with van der Waals surface area (Å²) in [4.78, 5) is 36.2. The maximum atomic E-state index is 12.8. The molecule has 0 unspecified atom stereocenters. The van der Waals surface area contributed by atoms with Crippen LogP contribution in [0, 0.1) is 28.6 Å². The number of ether oxygens (including phenoxy) is 2. The van der Waals surface area contributed by atoms with E-state index in [0.29, 0.717) is 24.2 Å². The van der Waals surface area contributed by atoms with Crippen molar-refractivity contribution in [2.45, 2.75) is 97.7 Å². The van der Waals surface area contributed by atoms with E-state index in [1.807, 2.05) is 0 Å². The van der Waals surface area contributed by atoms with Crippen LogP contribution in [-0.2, 0) is 23.9 Å². The number of rotatable bonds is 3. The minimum absolute atomic E-state index is 0.00523. The molecule has 3 fully saturated rings. The third-order valence-electron chi connectivity index (χ3n) is 9.39. The second-order valence-corrected chi connectivity index (χ2v) is 10.7. The van der Waals surface area contributed by atoms with E-state index in [4.69, 9.17) is 9.47 Å². The molecule has 0 heterocycles. The van der Waals surface area contributed by atoms with Crippen LogP contribution < -0.4 is 0 Å². The van der Waals surface area contributed by atoms with Crippen molar-refractivity contribution in [3.8, 4) is 0 Å². The summed E-state index contributed by atoms with van der Waals surface area (Å²) in [5.74, 6) is 0.981. The molecule has 5 nitrogen and oxygen atoms in total. The monoisotopic (exact) mass is 416 g/mol. The largest absolute Gasteiger partial charge is 0.458 e. The van der Waals surface area contributed by atoms with E-state index in [9.17, 15) is 14.4 Å². The molecular formula is C25H36O5. The summed E-state index contributed by atoms with van der Waals surface area (Å²) in [6, 6.07) is 0. The van der Waals surface area contributed by atoms with Gasteiger partial charge in [-0.3, -0.25) is 14.4 Å². The Hall–Kier alpha value is -1.65. The lowest BCUT2D eigenvalue weighted by Gasteiger charge is -2.59. The number of allylic oxidation sites excluding steroid dienone is 1. The number of Topliss-reactive ketones (excluding diaryl/α,β-unsaturated/α-hetero) is 1. The molecule has 5 heteroatoms. The Balaban J connectivity index is 1.63. The molecule has 0 aromatic heterocycles. The molecule has 0 aliphatic heterocycles. The average molecular weight is 417 g/mol. The molecule has 0 amide bonds. The van der Waals surface area contributed by atoms with Crippen molar-refractivity contribution in [2.24, 2.45) is 28.6 Å². The van der Waals surface area contributed by atoms with Crippen LogP contribution in [0.4, 0.5) is 0 Å². The predicted molar refractivity (Wildman–Crippen MR) is 112 cm³/mol. The standard InChI is InChI=1S/C25H36O5/c1-15(26)25(30-17(3)28)13-10-22-20-7-6-18-14-19(29-16(2)27)8-11-23(18,4)21(20)9-12-24(22,25)5/h14,19-22H,6-13H2,1-5H3/t19-,20-,21+,22-,23-,24-,25-/m0/s1. The van der Waals surface area contributed by atoms with Crippen LogP contribution in [0.25, 0.3) is 0 Å². The number of esters is 2. The number of ketones is 1. The highest BCUT2D eigenvalue weighted by atomic mass is 16.6. The van der Waals surface area contributed by atoms with E-state index >= 15 is 0 Å². The summed E-state index contributed by atoms with van der Waals surface area (Å²) in [7, 11) is 0. The molecule has 7 atom stereocenters. The van der Waals surface area contributed by atoms with Crippen LogP contribution in [0.15, 0.2) is 11.6 Å². The quantitative estimate of drug-likeness (QED) is 0.489. The number of fused-ring (bicyclic) bond motifs is 5. The number of hydrogen-bond donors (Lipinski definition) is 0. The van der Waals surface area contributed by atoms with Crippen molar-refractivity contribution in [1.82, 2.24) is 0 Å². The Labute approximate surface area is 179 Å². The minimum atomic E-state index is -0.960. The Bertz CT molecular complexity index is 799. The lowest BCUT2D eigenvalue weighted by molar-refractivity contribution is -0.187. The molecule has 4 aliphatic carbocycles. The first-order valence-electron chi connectivity index (χ1n) is 11.6. The van der Waals surface area contributed by atoms with Crippen molar-refractivity contribution in [2.75, 3.05) is 0 Å². The third-order valence-corrected chi connectivity index (χ3v) is 9.39. The molecular weight excluding hydrogens is 380 g/mol. The van der Waals surface area contributed by atoms with Crippen molar-refractivity contribution in [3.63, 3.8) is 0 Å². The molecule has 30 heavy (non-hydrogen) atoms. The fourth-order valence-electron chi connectivity index (χ4n) is 8.06. The summed E-state index contributed by atoms with van der Waals surface area (Å²) >= 11 is 0. The Kier molecular flexibility index (Phi) is 5.18. The van der Waals surface area contributed by atoms with E-state index in [1.165, 1.54) is 19.4 Å². The Morgan fingerprint density at radius 3 is 2.23 bits per heavy atom. The third kappa shape index (κ3) is 2.98. The first kappa shape index (κ1) is 21.6. The maximum absolute atomic E-state index is 12.8. The summed E-state index contributed by atoms with van der Waals surface area (Å²) in [6.45, 7) is 9.11. The van der Waals surface area contributed by atoms with Crippen molar-refractivity contribution >= 4 is 17.7 Å². The van der Waals surface area contributed by atoms with E-state index < -0.39 is 5.60 Å². The van der Waals surface area contributed by atoms with E-state index in [2.05, 4.69) is 19.9 Å². The predicted octanol–water partition coefficient (Wildman–Crippen LogP) is 4.77. The lowest BCUT2D eigenvalue weighted by Crippen LogP contribution is -2.58. The molecule has 3 saturated carbocycles. The van der Waals surface area contributed by atoms with Gasteiger partial charge in [0, 0.05) is 19.3 Å². The molecule has 0 bridgehead atoms. The van der Waals surface area contributed by atoms with Gasteiger partial charge in [-0.1, -0.05) is 19.4 Å². The van der Waals surface area contributed by atoms with Gasteiger partial charge < -0.3 is 9.47 Å². The van der Waals surface area contributed by atoms with E-state index in [-0.39, 0.29) is 34.7 Å². The van der Waals surface area contributed by atoms with Gasteiger partial charge in [0.2, 0.25) is 0 Å². The summed E-state index contributed by atoms with van der Waals surface area (Å²) < 4.78 is 11.3. The van der Waals surface area contributed by atoms with Gasteiger partial charge in [0.1, 0.15) is 6.10 Å². The van der Waals surface area contributed by atoms with Gasteiger partial charge in [0.25, 0.3) is 0 Å². The van der Waals surface area contributed by atoms with Crippen LogP contribution in [-0.4, -0.2) is 29.4 Å². The normalized spacial score (nSPS) is 44.8. The van der Waals surface area contributed by atoms with E-state index in [0.717, 1.165) is 44.9 Å². The zero-order valence-electron chi connectivity index (χ0n) is 19.1. The highest BCUT2D eigenvalue weighted by molar-refractivity contribution is 5.89. The fraction of sp³-hybridized carbons (Fsp3) is 0.800. The van der Waals surface area contributed by atoms with Crippen LogP contribution in [0.1, 0.15) is 86.0 Å². The molecule has 0 radical (unpaired) electrons. The van der Waals surface area contributed by atoms with Gasteiger partial charge >= 0.3 is 11.9 Å². The number of hydrogen-bond acceptors (Lipinski definition) is 5. The van der Waals surface area contributed by atoms with Gasteiger partial charge in [-0.2, -0.15) is 0 Å². The second-order valence-electron chi connectivity index (χ2n) is 10.7. The Morgan fingerprint density at radius 2 is 1.60 bits per heavy atom. The number of carbonyl (C=O) groups is 3. The smallest absolute Gasteiger partial charge is 0.303 e. The van der Waals surface area contributed by atoms with Crippen LogP contribution >= 0.6 is 0 Å². The number of carbonyl (C=O) groups excluding carboxylic acids is 3. The zero-order chi connectivity index (χ0) is 21.9. The van der Waals surface area contributed by atoms with Crippen LogP contribution in [0.3, 0.4) is 0 Å². The molecule has 0 aromatic carbocycles. The average Bonchev–Trinajstić information content (AvgIpc) is 2.94. The fourth-order valence-corrected chi connectivity index (χ4v) is 8.06. The highest BCUT2D eigenvalue weighted by Gasteiger charge is 2.67. The molecule has 166 valence electrons. The maximum Gasteiger partial charge on any atom is 0.303 e. The lowest BCUT2D eigenvalue weighted by atomic mass is 9.46. The molecule has 0 N–H and O–H groups in total. The van der Waals surface area contributed by atoms with Gasteiger partial charge in [-0.15, -0.1) is 0 Å². The summed E-state index contributed by atoms with van der Waals surface area (Å²) in [5.41, 5.74) is 0.362. The first-order valence-corrected chi connectivity index (χ1v) is 11.6. The molecule has 0 saturated heterocycles. The molecule has 4 aliphatic rings. The topological polar surface area (TPSA) is 69.7 Å².